The standard InChI is InChI=1S/C16H22N2O3/c1-2-3-11(10-17)14(19)18-13-6-4-12(5-7-13)16(8-9-16)15(20)21/h4-7,11H,2-3,8-10,17H2,1H3,(H,18,19)(H,20,21). The predicted molar refractivity (Wildman–Crippen MR) is 81.1 cm³/mol. The zero-order valence-electron chi connectivity index (χ0n) is 12.3. The van der Waals surface area contributed by atoms with Crippen molar-refractivity contribution in [3.05, 3.63) is 29.8 Å². The third-order valence-electron chi connectivity index (χ3n) is 4.16. The van der Waals surface area contributed by atoms with Crippen LogP contribution in [0.3, 0.4) is 0 Å². The van der Waals surface area contributed by atoms with Crippen molar-refractivity contribution in [2.45, 2.75) is 38.0 Å². The number of benzene rings is 1. The van der Waals surface area contributed by atoms with Crippen LogP contribution in [-0.4, -0.2) is 23.5 Å². The van der Waals surface area contributed by atoms with Gasteiger partial charge in [-0.3, -0.25) is 9.59 Å². The monoisotopic (exact) mass is 290 g/mol. The number of carbonyl (C=O) groups is 2. The summed E-state index contributed by atoms with van der Waals surface area (Å²) in [5, 5.41) is 12.1. The molecule has 1 aliphatic carbocycles. The van der Waals surface area contributed by atoms with Gasteiger partial charge in [0.25, 0.3) is 0 Å². The van der Waals surface area contributed by atoms with Gasteiger partial charge in [0, 0.05) is 12.2 Å². The minimum Gasteiger partial charge on any atom is -0.481 e. The highest BCUT2D eigenvalue weighted by atomic mass is 16.4. The van der Waals surface area contributed by atoms with Gasteiger partial charge in [0.2, 0.25) is 5.91 Å². The molecule has 1 aromatic carbocycles. The number of rotatable bonds is 7. The van der Waals surface area contributed by atoms with Gasteiger partial charge < -0.3 is 16.2 Å². The van der Waals surface area contributed by atoms with E-state index in [0.717, 1.165) is 18.4 Å². The van der Waals surface area contributed by atoms with Gasteiger partial charge in [0.1, 0.15) is 0 Å². The molecule has 0 aliphatic heterocycles. The number of aliphatic carboxylic acids is 1. The molecular weight excluding hydrogens is 268 g/mol. The highest BCUT2D eigenvalue weighted by molar-refractivity contribution is 5.93. The zero-order valence-corrected chi connectivity index (χ0v) is 12.3. The van der Waals surface area contributed by atoms with Crippen molar-refractivity contribution in [3.63, 3.8) is 0 Å². The topological polar surface area (TPSA) is 92.4 Å². The highest BCUT2D eigenvalue weighted by Gasteiger charge is 2.51. The molecule has 1 fully saturated rings. The molecule has 1 aliphatic rings. The molecule has 0 spiro atoms. The lowest BCUT2D eigenvalue weighted by atomic mass is 9.96. The van der Waals surface area contributed by atoms with Crippen molar-refractivity contribution >= 4 is 17.6 Å². The fourth-order valence-electron chi connectivity index (χ4n) is 2.57. The van der Waals surface area contributed by atoms with Crippen molar-refractivity contribution < 1.29 is 14.7 Å². The summed E-state index contributed by atoms with van der Waals surface area (Å²) in [4.78, 5) is 23.3. The van der Waals surface area contributed by atoms with Gasteiger partial charge in [-0.25, -0.2) is 0 Å². The molecule has 5 nitrogen and oxygen atoms in total. The number of hydrogen-bond acceptors (Lipinski definition) is 3. The lowest BCUT2D eigenvalue weighted by Crippen LogP contribution is -2.29. The maximum Gasteiger partial charge on any atom is 0.314 e. The Bertz CT molecular complexity index is 521. The first-order valence-electron chi connectivity index (χ1n) is 7.38. The Labute approximate surface area is 124 Å². The van der Waals surface area contributed by atoms with Gasteiger partial charge >= 0.3 is 5.97 Å². The minimum atomic E-state index is -0.773. The molecule has 0 heterocycles. The summed E-state index contributed by atoms with van der Waals surface area (Å²) in [5.74, 6) is -1.03. The van der Waals surface area contributed by atoms with E-state index in [-0.39, 0.29) is 11.8 Å². The Morgan fingerprint density at radius 3 is 2.38 bits per heavy atom. The summed E-state index contributed by atoms with van der Waals surface area (Å²) in [5.41, 5.74) is 6.39. The van der Waals surface area contributed by atoms with E-state index in [9.17, 15) is 14.7 Å². The van der Waals surface area contributed by atoms with Gasteiger partial charge in [-0.15, -0.1) is 0 Å². The predicted octanol–water partition coefficient (Wildman–Crippen LogP) is 2.12. The van der Waals surface area contributed by atoms with Gasteiger partial charge in [-0.05, 0) is 37.0 Å². The number of anilines is 1. The molecule has 0 saturated heterocycles. The first kappa shape index (κ1) is 15.5. The molecule has 1 aromatic rings. The smallest absolute Gasteiger partial charge is 0.314 e. The highest BCUT2D eigenvalue weighted by Crippen LogP contribution is 2.48. The summed E-state index contributed by atoms with van der Waals surface area (Å²) in [6.45, 7) is 2.35. The van der Waals surface area contributed by atoms with E-state index in [1.54, 1.807) is 24.3 Å². The van der Waals surface area contributed by atoms with Crippen LogP contribution in [0.5, 0.6) is 0 Å². The van der Waals surface area contributed by atoms with Crippen LogP contribution in [0.1, 0.15) is 38.2 Å². The summed E-state index contributed by atoms with van der Waals surface area (Å²) < 4.78 is 0. The number of carbonyl (C=O) groups excluding carboxylic acids is 1. The SMILES string of the molecule is CCCC(CN)C(=O)Nc1ccc(C2(C(=O)O)CC2)cc1. The summed E-state index contributed by atoms with van der Waals surface area (Å²) in [7, 11) is 0. The second kappa shape index (κ2) is 6.26. The molecule has 0 aromatic heterocycles. The van der Waals surface area contributed by atoms with Gasteiger partial charge in [-0.1, -0.05) is 25.5 Å². The van der Waals surface area contributed by atoms with Crippen LogP contribution in [0.2, 0.25) is 0 Å². The molecule has 1 saturated carbocycles. The molecule has 0 bridgehead atoms. The number of amides is 1. The first-order chi connectivity index (χ1) is 10.0. The second-order valence-corrected chi connectivity index (χ2v) is 5.68. The first-order valence-corrected chi connectivity index (χ1v) is 7.38. The van der Waals surface area contributed by atoms with Crippen LogP contribution in [0.4, 0.5) is 5.69 Å². The van der Waals surface area contributed by atoms with E-state index >= 15 is 0 Å². The normalized spacial score (nSPS) is 17.0. The Kier molecular flexibility index (Phi) is 4.63. The molecule has 0 radical (unpaired) electrons. The zero-order chi connectivity index (χ0) is 15.5. The van der Waals surface area contributed by atoms with Crippen LogP contribution in [0, 0.1) is 5.92 Å². The summed E-state index contributed by atoms with van der Waals surface area (Å²) >= 11 is 0. The van der Waals surface area contributed by atoms with E-state index in [4.69, 9.17) is 5.73 Å². The number of carboxylic acids is 1. The fraction of sp³-hybridized carbons (Fsp3) is 0.500. The molecular formula is C16H22N2O3. The van der Waals surface area contributed by atoms with Crippen molar-refractivity contribution in [3.8, 4) is 0 Å². The quantitative estimate of drug-likeness (QED) is 0.717. The molecule has 1 amide bonds. The fourth-order valence-corrected chi connectivity index (χ4v) is 2.57. The molecule has 21 heavy (non-hydrogen) atoms. The number of carboxylic acid groups (broad SMARTS) is 1. The molecule has 5 heteroatoms. The van der Waals surface area contributed by atoms with Crippen molar-refractivity contribution in [2.75, 3.05) is 11.9 Å². The average molecular weight is 290 g/mol. The lowest BCUT2D eigenvalue weighted by Gasteiger charge is -2.15. The van der Waals surface area contributed by atoms with Crippen LogP contribution >= 0.6 is 0 Å². The maximum absolute atomic E-state index is 12.1. The molecule has 1 atom stereocenters. The van der Waals surface area contributed by atoms with Crippen LogP contribution in [0.25, 0.3) is 0 Å². The summed E-state index contributed by atoms with van der Waals surface area (Å²) in [6, 6.07) is 7.09. The number of nitrogens with one attached hydrogen (secondary N) is 1. The second-order valence-electron chi connectivity index (χ2n) is 5.68. The van der Waals surface area contributed by atoms with E-state index < -0.39 is 11.4 Å². The van der Waals surface area contributed by atoms with E-state index in [1.165, 1.54) is 0 Å². The number of nitrogens with two attached hydrogens (primary N) is 1. The Balaban J connectivity index is 2.03. The third kappa shape index (κ3) is 3.24. The van der Waals surface area contributed by atoms with Gasteiger partial charge in [0.05, 0.1) is 11.3 Å². The van der Waals surface area contributed by atoms with Crippen molar-refractivity contribution in [2.24, 2.45) is 11.7 Å². The van der Waals surface area contributed by atoms with E-state index in [1.807, 2.05) is 6.92 Å². The average Bonchev–Trinajstić information content (AvgIpc) is 3.27. The summed E-state index contributed by atoms with van der Waals surface area (Å²) in [6.07, 6.45) is 3.04. The van der Waals surface area contributed by atoms with Gasteiger partial charge in [0.15, 0.2) is 0 Å². The van der Waals surface area contributed by atoms with E-state index in [2.05, 4.69) is 5.32 Å². The van der Waals surface area contributed by atoms with Gasteiger partial charge in [-0.2, -0.15) is 0 Å². The van der Waals surface area contributed by atoms with E-state index in [0.29, 0.717) is 25.1 Å². The van der Waals surface area contributed by atoms with Crippen LogP contribution < -0.4 is 11.1 Å². The van der Waals surface area contributed by atoms with Crippen LogP contribution in [0.15, 0.2) is 24.3 Å². The largest absolute Gasteiger partial charge is 0.481 e. The Hall–Kier alpha value is -1.88. The van der Waals surface area contributed by atoms with Crippen LogP contribution in [-0.2, 0) is 15.0 Å². The maximum atomic E-state index is 12.1. The minimum absolute atomic E-state index is 0.0773. The third-order valence-corrected chi connectivity index (χ3v) is 4.16. The van der Waals surface area contributed by atoms with Crippen molar-refractivity contribution in [1.29, 1.82) is 0 Å². The molecule has 1 unspecified atom stereocenters. The number of hydrogen-bond donors (Lipinski definition) is 3. The molecule has 2 rings (SSSR count). The molecule has 4 N–H and O–H groups in total. The Morgan fingerprint density at radius 1 is 1.33 bits per heavy atom. The lowest BCUT2D eigenvalue weighted by molar-refractivity contribution is -0.140. The molecule has 114 valence electrons. The van der Waals surface area contributed by atoms with Crippen molar-refractivity contribution in [1.82, 2.24) is 0 Å². The Morgan fingerprint density at radius 2 is 1.95 bits per heavy atom.